The van der Waals surface area contributed by atoms with Gasteiger partial charge in [-0.25, -0.2) is 0 Å². The number of rotatable bonds is 8. The molecular weight excluding hydrogens is 234 g/mol. The molecule has 1 unspecified atom stereocenters. The summed E-state index contributed by atoms with van der Waals surface area (Å²) in [6.45, 7) is 11.0. The fourth-order valence-corrected chi connectivity index (χ4v) is 2.25. The number of benzene rings is 1. The molecule has 0 heterocycles. The third-order valence-electron chi connectivity index (χ3n) is 3.61. The van der Waals surface area contributed by atoms with Gasteiger partial charge >= 0.3 is 0 Å². The Bertz CT molecular complexity index is 346. The van der Waals surface area contributed by atoms with E-state index >= 15 is 0 Å². The van der Waals surface area contributed by atoms with Crippen LogP contribution in [0.5, 0.6) is 0 Å². The van der Waals surface area contributed by atoms with Crippen molar-refractivity contribution in [2.45, 2.75) is 40.2 Å². The van der Waals surface area contributed by atoms with E-state index in [0.29, 0.717) is 12.0 Å². The van der Waals surface area contributed by atoms with Gasteiger partial charge in [0, 0.05) is 26.3 Å². The van der Waals surface area contributed by atoms with E-state index < -0.39 is 0 Å². The minimum absolute atomic E-state index is 0.262. The third kappa shape index (κ3) is 5.75. The van der Waals surface area contributed by atoms with Crippen LogP contribution in [0.3, 0.4) is 0 Å². The lowest BCUT2D eigenvalue weighted by molar-refractivity contribution is 0.147. The average molecular weight is 263 g/mol. The zero-order valence-corrected chi connectivity index (χ0v) is 13.1. The van der Waals surface area contributed by atoms with Crippen LogP contribution in [0.2, 0.25) is 0 Å². The predicted octanol–water partition coefficient (Wildman–Crippen LogP) is 4.04. The smallest absolute Gasteiger partial charge is 0.0467 e. The Morgan fingerprint density at radius 1 is 1.16 bits per heavy atom. The quantitative estimate of drug-likeness (QED) is 0.764. The fraction of sp³-hybridized carbons (Fsp3) is 0.647. The largest absolute Gasteiger partial charge is 0.385 e. The van der Waals surface area contributed by atoms with Crippen LogP contribution in [0.25, 0.3) is 0 Å². The first-order chi connectivity index (χ1) is 8.96. The van der Waals surface area contributed by atoms with Crippen LogP contribution in [0.1, 0.15) is 45.7 Å². The van der Waals surface area contributed by atoms with Crippen molar-refractivity contribution in [2.24, 2.45) is 11.3 Å². The molecule has 1 aromatic carbocycles. The standard InChI is InChI=1S/C17H29NO/c1-14(2)16(15-9-7-6-8-10-15)18-13-17(3,4)11-12-19-5/h6-10,14,16,18H,11-13H2,1-5H3. The molecule has 1 N–H and O–H groups in total. The van der Waals surface area contributed by atoms with Gasteiger partial charge in [-0.3, -0.25) is 0 Å². The van der Waals surface area contributed by atoms with E-state index in [0.717, 1.165) is 19.6 Å². The molecule has 0 aliphatic rings. The summed E-state index contributed by atoms with van der Waals surface area (Å²) in [7, 11) is 1.77. The van der Waals surface area contributed by atoms with Crippen LogP contribution in [0.4, 0.5) is 0 Å². The molecule has 0 bridgehead atoms. The highest BCUT2D eigenvalue weighted by Gasteiger charge is 2.21. The summed E-state index contributed by atoms with van der Waals surface area (Å²) in [5.74, 6) is 0.584. The SMILES string of the molecule is COCCC(C)(C)CNC(c1ccccc1)C(C)C. The Morgan fingerprint density at radius 2 is 1.79 bits per heavy atom. The van der Waals surface area contributed by atoms with Crippen LogP contribution in [0, 0.1) is 11.3 Å². The summed E-state index contributed by atoms with van der Waals surface area (Å²) in [6.07, 6.45) is 1.08. The van der Waals surface area contributed by atoms with E-state index in [4.69, 9.17) is 4.74 Å². The lowest BCUT2D eigenvalue weighted by Crippen LogP contribution is -2.35. The third-order valence-corrected chi connectivity index (χ3v) is 3.61. The van der Waals surface area contributed by atoms with E-state index in [1.165, 1.54) is 5.56 Å². The second kappa shape index (κ2) is 7.66. The molecule has 0 aromatic heterocycles. The van der Waals surface area contributed by atoms with E-state index in [-0.39, 0.29) is 5.41 Å². The number of nitrogens with one attached hydrogen (secondary N) is 1. The average Bonchev–Trinajstić information content (AvgIpc) is 2.37. The van der Waals surface area contributed by atoms with Gasteiger partial charge < -0.3 is 10.1 Å². The summed E-state index contributed by atoms with van der Waals surface area (Å²) in [5.41, 5.74) is 1.64. The molecular formula is C17H29NO. The Morgan fingerprint density at radius 3 is 2.32 bits per heavy atom. The molecule has 0 fully saturated rings. The minimum Gasteiger partial charge on any atom is -0.385 e. The highest BCUT2D eigenvalue weighted by molar-refractivity contribution is 5.19. The second-order valence-electron chi connectivity index (χ2n) is 6.42. The first-order valence-electron chi connectivity index (χ1n) is 7.23. The molecule has 0 radical (unpaired) electrons. The number of ether oxygens (including phenoxy) is 1. The molecule has 2 nitrogen and oxygen atoms in total. The molecule has 1 aromatic rings. The van der Waals surface area contributed by atoms with Gasteiger partial charge in [-0.15, -0.1) is 0 Å². The van der Waals surface area contributed by atoms with Crippen LogP contribution >= 0.6 is 0 Å². The highest BCUT2D eigenvalue weighted by atomic mass is 16.5. The van der Waals surface area contributed by atoms with Crippen molar-refractivity contribution in [3.63, 3.8) is 0 Å². The summed E-state index contributed by atoms with van der Waals surface area (Å²) in [4.78, 5) is 0. The topological polar surface area (TPSA) is 21.3 Å². The molecule has 0 spiro atoms. The minimum atomic E-state index is 0.262. The van der Waals surface area contributed by atoms with Crippen molar-refractivity contribution in [3.8, 4) is 0 Å². The Kier molecular flexibility index (Phi) is 6.53. The summed E-state index contributed by atoms with van der Waals surface area (Å²) in [5, 5.41) is 3.73. The van der Waals surface area contributed by atoms with Gasteiger partial charge in [0.1, 0.15) is 0 Å². The van der Waals surface area contributed by atoms with Crippen LogP contribution in [-0.4, -0.2) is 20.3 Å². The maximum atomic E-state index is 5.19. The summed E-state index contributed by atoms with van der Waals surface area (Å²) >= 11 is 0. The molecule has 2 heteroatoms. The predicted molar refractivity (Wildman–Crippen MR) is 82.3 cm³/mol. The molecule has 0 saturated heterocycles. The Hall–Kier alpha value is -0.860. The summed E-state index contributed by atoms with van der Waals surface area (Å²) < 4.78 is 5.19. The van der Waals surface area contributed by atoms with Gasteiger partial charge in [0.25, 0.3) is 0 Å². The van der Waals surface area contributed by atoms with Gasteiger partial charge in [0.2, 0.25) is 0 Å². The van der Waals surface area contributed by atoms with Gasteiger partial charge in [-0.05, 0) is 23.3 Å². The number of hydrogen-bond donors (Lipinski definition) is 1. The van der Waals surface area contributed by atoms with E-state index in [1.54, 1.807) is 7.11 Å². The molecule has 0 aliphatic carbocycles. The molecule has 0 amide bonds. The van der Waals surface area contributed by atoms with E-state index in [2.05, 4.69) is 63.3 Å². The van der Waals surface area contributed by atoms with Crippen molar-refractivity contribution in [1.82, 2.24) is 5.32 Å². The van der Waals surface area contributed by atoms with Crippen molar-refractivity contribution in [2.75, 3.05) is 20.3 Å². The first-order valence-corrected chi connectivity index (χ1v) is 7.23. The first kappa shape index (κ1) is 16.2. The lowest BCUT2D eigenvalue weighted by atomic mass is 9.88. The molecule has 1 rings (SSSR count). The number of methoxy groups -OCH3 is 1. The van der Waals surface area contributed by atoms with Crippen molar-refractivity contribution in [3.05, 3.63) is 35.9 Å². The Balaban J connectivity index is 2.61. The molecule has 0 aliphatic heterocycles. The normalized spacial score (nSPS) is 13.8. The monoisotopic (exact) mass is 263 g/mol. The van der Waals surface area contributed by atoms with Crippen molar-refractivity contribution < 1.29 is 4.74 Å². The zero-order valence-electron chi connectivity index (χ0n) is 13.1. The fourth-order valence-electron chi connectivity index (χ4n) is 2.25. The van der Waals surface area contributed by atoms with Crippen LogP contribution in [-0.2, 0) is 4.74 Å². The van der Waals surface area contributed by atoms with E-state index in [9.17, 15) is 0 Å². The maximum absolute atomic E-state index is 5.19. The molecule has 0 saturated carbocycles. The highest BCUT2D eigenvalue weighted by Crippen LogP contribution is 2.25. The van der Waals surface area contributed by atoms with Gasteiger partial charge in [0.15, 0.2) is 0 Å². The van der Waals surface area contributed by atoms with Gasteiger partial charge in [-0.2, -0.15) is 0 Å². The van der Waals surface area contributed by atoms with Crippen LogP contribution < -0.4 is 5.32 Å². The van der Waals surface area contributed by atoms with Gasteiger partial charge in [-0.1, -0.05) is 58.0 Å². The van der Waals surface area contributed by atoms with Crippen molar-refractivity contribution >= 4 is 0 Å². The molecule has 19 heavy (non-hydrogen) atoms. The van der Waals surface area contributed by atoms with Crippen LogP contribution in [0.15, 0.2) is 30.3 Å². The maximum Gasteiger partial charge on any atom is 0.0467 e. The Labute approximate surface area is 118 Å². The van der Waals surface area contributed by atoms with Crippen molar-refractivity contribution in [1.29, 1.82) is 0 Å². The molecule has 108 valence electrons. The zero-order chi connectivity index (χ0) is 14.3. The van der Waals surface area contributed by atoms with Gasteiger partial charge in [0.05, 0.1) is 0 Å². The summed E-state index contributed by atoms with van der Waals surface area (Å²) in [6, 6.07) is 11.1. The molecule has 1 atom stereocenters. The second-order valence-corrected chi connectivity index (χ2v) is 6.42. The van der Waals surface area contributed by atoms with E-state index in [1.807, 2.05) is 0 Å². The lowest BCUT2D eigenvalue weighted by Gasteiger charge is -2.30. The number of hydrogen-bond acceptors (Lipinski definition) is 2.